The van der Waals surface area contributed by atoms with Crippen LogP contribution in [-0.2, 0) is 0 Å². The number of hydrogen-bond donors (Lipinski definition) is 1. The lowest BCUT2D eigenvalue weighted by Crippen LogP contribution is -2.42. The van der Waals surface area contributed by atoms with Crippen LogP contribution in [0.5, 0.6) is 5.75 Å². The molecule has 2 rings (SSSR count). The molecule has 6 heteroatoms. The second kappa shape index (κ2) is 5.51. The van der Waals surface area contributed by atoms with Crippen LogP contribution in [-0.4, -0.2) is 41.4 Å². The maximum Gasteiger partial charge on any atom is 0.199 e. The molecule has 0 atom stereocenters. The van der Waals surface area contributed by atoms with Crippen molar-refractivity contribution in [3.63, 3.8) is 0 Å². The number of aliphatic hydroxyl groups excluding tert-OH is 1. The Labute approximate surface area is 105 Å². The Morgan fingerprint density at radius 3 is 2.82 bits per heavy atom. The monoisotopic (exact) mass is 257 g/mol. The predicted molar refractivity (Wildman–Crippen MR) is 65.7 cm³/mol. The maximum absolute atomic E-state index is 9.14. The first kappa shape index (κ1) is 12.4. The third-order valence-corrected chi connectivity index (χ3v) is 3.34. The Balaban J connectivity index is 2.30. The minimum atomic E-state index is 0.0846. The Morgan fingerprint density at radius 2 is 2.29 bits per heavy atom. The van der Waals surface area contributed by atoms with Gasteiger partial charge >= 0.3 is 0 Å². The van der Waals surface area contributed by atoms with Crippen molar-refractivity contribution in [1.82, 2.24) is 9.97 Å². The first-order chi connectivity index (χ1) is 8.27. The largest absolute Gasteiger partial charge is 0.490 e. The molecule has 0 bridgehead atoms. The molecular weight excluding hydrogens is 242 g/mol. The molecule has 0 radical (unpaired) electrons. The molecule has 1 aliphatic carbocycles. The quantitative estimate of drug-likeness (QED) is 0.810. The van der Waals surface area contributed by atoms with Crippen molar-refractivity contribution >= 4 is 17.4 Å². The average Bonchev–Trinajstić information content (AvgIpc) is 2.26. The molecule has 0 amide bonds. The van der Waals surface area contributed by atoms with Gasteiger partial charge in [0.25, 0.3) is 0 Å². The molecule has 5 nitrogen and oxygen atoms in total. The fourth-order valence-corrected chi connectivity index (χ4v) is 2.20. The van der Waals surface area contributed by atoms with E-state index in [1.165, 1.54) is 12.7 Å². The van der Waals surface area contributed by atoms with Crippen LogP contribution in [0.25, 0.3) is 0 Å². The lowest BCUT2D eigenvalue weighted by atomic mass is 9.91. The number of halogens is 1. The van der Waals surface area contributed by atoms with Gasteiger partial charge in [0.15, 0.2) is 16.7 Å². The van der Waals surface area contributed by atoms with E-state index >= 15 is 0 Å². The summed E-state index contributed by atoms with van der Waals surface area (Å²) in [7, 11) is 1.55. The van der Waals surface area contributed by atoms with Crippen molar-refractivity contribution in [3.05, 3.63) is 11.5 Å². The average molecular weight is 258 g/mol. The number of aliphatic hydroxyl groups is 1. The van der Waals surface area contributed by atoms with Gasteiger partial charge in [-0.05, 0) is 19.3 Å². The van der Waals surface area contributed by atoms with E-state index in [0.717, 1.165) is 12.8 Å². The van der Waals surface area contributed by atoms with Crippen LogP contribution in [0.1, 0.15) is 19.3 Å². The highest BCUT2D eigenvalue weighted by atomic mass is 35.5. The van der Waals surface area contributed by atoms with E-state index in [1.807, 2.05) is 0 Å². The first-order valence-corrected chi connectivity index (χ1v) is 6.07. The topological polar surface area (TPSA) is 58.5 Å². The van der Waals surface area contributed by atoms with Crippen molar-refractivity contribution in [2.45, 2.75) is 25.3 Å². The number of anilines is 1. The maximum atomic E-state index is 9.14. The molecule has 1 fully saturated rings. The molecule has 1 aliphatic rings. The zero-order chi connectivity index (χ0) is 12.3. The number of nitrogens with zero attached hydrogens (tertiary/aromatic N) is 3. The fourth-order valence-electron chi connectivity index (χ4n) is 1.99. The van der Waals surface area contributed by atoms with Gasteiger partial charge in [0, 0.05) is 12.6 Å². The molecule has 0 unspecified atom stereocenters. The van der Waals surface area contributed by atoms with Crippen molar-refractivity contribution in [1.29, 1.82) is 0 Å². The summed E-state index contributed by atoms with van der Waals surface area (Å²) in [6.07, 6.45) is 4.87. The van der Waals surface area contributed by atoms with Crippen LogP contribution in [0, 0.1) is 0 Å². The molecule has 1 saturated carbocycles. The lowest BCUT2D eigenvalue weighted by Gasteiger charge is -2.38. The molecular formula is C11H16ClN3O2. The van der Waals surface area contributed by atoms with E-state index in [2.05, 4.69) is 14.9 Å². The second-order valence-corrected chi connectivity index (χ2v) is 4.38. The molecule has 1 heterocycles. The molecule has 0 spiro atoms. The van der Waals surface area contributed by atoms with Gasteiger partial charge in [0.2, 0.25) is 0 Å². The molecule has 17 heavy (non-hydrogen) atoms. The van der Waals surface area contributed by atoms with Crippen LogP contribution in [0.2, 0.25) is 5.15 Å². The molecule has 1 aromatic heterocycles. The van der Waals surface area contributed by atoms with Crippen LogP contribution in [0.3, 0.4) is 0 Å². The third-order valence-electron chi connectivity index (χ3n) is 3.07. The summed E-state index contributed by atoms with van der Waals surface area (Å²) in [6.45, 7) is 0.621. The van der Waals surface area contributed by atoms with E-state index in [-0.39, 0.29) is 6.61 Å². The predicted octanol–water partition coefficient (Wildman–Crippen LogP) is 1.49. The van der Waals surface area contributed by atoms with Crippen LogP contribution in [0.4, 0.5) is 5.82 Å². The summed E-state index contributed by atoms with van der Waals surface area (Å²) >= 11 is 5.97. The normalized spacial score (nSPS) is 15.5. The minimum absolute atomic E-state index is 0.0846. The number of methoxy groups -OCH3 is 1. The number of hydrogen-bond acceptors (Lipinski definition) is 5. The summed E-state index contributed by atoms with van der Waals surface area (Å²) in [5.41, 5.74) is 0. The van der Waals surface area contributed by atoms with Gasteiger partial charge in [-0.3, -0.25) is 0 Å². The molecule has 1 N–H and O–H groups in total. The number of aromatic nitrogens is 2. The van der Waals surface area contributed by atoms with Gasteiger partial charge in [-0.25, -0.2) is 9.97 Å². The molecule has 0 aromatic carbocycles. The Kier molecular flexibility index (Phi) is 4.02. The molecule has 94 valence electrons. The number of ether oxygens (including phenoxy) is 1. The highest BCUT2D eigenvalue weighted by molar-refractivity contribution is 6.31. The van der Waals surface area contributed by atoms with Crippen molar-refractivity contribution < 1.29 is 9.84 Å². The van der Waals surface area contributed by atoms with Gasteiger partial charge in [0.05, 0.1) is 13.7 Å². The van der Waals surface area contributed by atoms with Crippen LogP contribution in [0.15, 0.2) is 6.33 Å². The third kappa shape index (κ3) is 2.45. The van der Waals surface area contributed by atoms with Gasteiger partial charge < -0.3 is 14.7 Å². The van der Waals surface area contributed by atoms with Crippen molar-refractivity contribution in [2.24, 2.45) is 0 Å². The molecule has 0 aliphatic heterocycles. The van der Waals surface area contributed by atoms with Crippen LogP contribution >= 0.6 is 11.6 Å². The van der Waals surface area contributed by atoms with Crippen molar-refractivity contribution in [2.75, 3.05) is 25.2 Å². The summed E-state index contributed by atoms with van der Waals surface area (Å²) < 4.78 is 5.24. The Bertz CT molecular complexity index is 385. The SMILES string of the molecule is COc1c(Cl)ncnc1N(CCO)C1CCC1. The van der Waals surface area contributed by atoms with E-state index in [9.17, 15) is 0 Å². The summed E-state index contributed by atoms with van der Waals surface area (Å²) in [5.74, 6) is 1.15. The fraction of sp³-hybridized carbons (Fsp3) is 0.636. The Hall–Kier alpha value is -1.07. The van der Waals surface area contributed by atoms with Gasteiger partial charge in [0.1, 0.15) is 6.33 Å². The molecule has 1 aromatic rings. The van der Waals surface area contributed by atoms with E-state index in [0.29, 0.717) is 29.3 Å². The van der Waals surface area contributed by atoms with Crippen LogP contribution < -0.4 is 9.64 Å². The zero-order valence-electron chi connectivity index (χ0n) is 9.77. The lowest BCUT2D eigenvalue weighted by molar-refractivity contribution is 0.281. The Morgan fingerprint density at radius 1 is 1.53 bits per heavy atom. The minimum Gasteiger partial charge on any atom is -0.490 e. The highest BCUT2D eigenvalue weighted by Crippen LogP contribution is 2.36. The van der Waals surface area contributed by atoms with Crippen molar-refractivity contribution in [3.8, 4) is 5.75 Å². The summed E-state index contributed by atoms with van der Waals surface area (Å²) in [6, 6.07) is 0.419. The van der Waals surface area contributed by atoms with E-state index < -0.39 is 0 Å². The standard InChI is InChI=1S/C11H16ClN3O2/c1-17-9-10(12)13-7-14-11(9)15(5-6-16)8-3-2-4-8/h7-8,16H,2-6H2,1H3. The highest BCUT2D eigenvalue weighted by Gasteiger charge is 2.28. The zero-order valence-corrected chi connectivity index (χ0v) is 10.5. The smallest absolute Gasteiger partial charge is 0.199 e. The van der Waals surface area contributed by atoms with Gasteiger partial charge in [-0.15, -0.1) is 0 Å². The second-order valence-electron chi connectivity index (χ2n) is 4.02. The summed E-state index contributed by atoms with van der Waals surface area (Å²) in [5, 5.41) is 9.45. The van der Waals surface area contributed by atoms with Gasteiger partial charge in [-0.2, -0.15) is 0 Å². The summed E-state index contributed by atoms with van der Waals surface area (Å²) in [4.78, 5) is 10.2. The van der Waals surface area contributed by atoms with E-state index in [4.69, 9.17) is 21.4 Å². The number of rotatable bonds is 5. The van der Waals surface area contributed by atoms with E-state index in [1.54, 1.807) is 7.11 Å². The van der Waals surface area contributed by atoms with Gasteiger partial charge in [-0.1, -0.05) is 11.6 Å². The molecule has 0 saturated heterocycles. The first-order valence-electron chi connectivity index (χ1n) is 5.70.